The van der Waals surface area contributed by atoms with E-state index in [0.29, 0.717) is 13.2 Å². The number of amides is 1. The largest absolute Gasteiger partial charge is 0.494 e. The molecule has 0 radical (unpaired) electrons. The summed E-state index contributed by atoms with van der Waals surface area (Å²) in [5.74, 6) is 0.880. The summed E-state index contributed by atoms with van der Waals surface area (Å²) in [5.41, 5.74) is 1.82. The van der Waals surface area contributed by atoms with Gasteiger partial charge in [-0.2, -0.15) is 0 Å². The molecule has 3 aromatic rings. The zero-order chi connectivity index (χ0) is 16.9. The molecular formula is C21H21NO2. The lowest BCUT2D eigenvalue weighted by Crippen LogP contribution is -2.26. The lowest BCUT2D eigenvalue weighted by molar-refractivity contribution is 0.0787. The second-order valence-corrected chi connectivity index (χ2v) is 5.76. The molecule has 122 valence electrons. The molecule has 0 saturated carbocycles. The maximum Gasteiger partial charge on any atom is 0.254 e. The minimum Gasteiger partial charge on any atom is -0.494 e. The Balaban J connectivity index is 1.79. The Hall–Kier alpha value is -2.81. The third kappa shape index (κ3) is 3.40. The van der Waals surface area contributed by atoms with E-state index >= 15 is 0 Å². The molecule has 24 heavy (non-hydrogen) atoms. The molecule has 1 amide bonds. The van der Waals surface area contributed by atoms with Crippen LogP contribution < -0.4 is 4.74 Å². The Labute approximate surface area is 142 Å². The topological polar surface area (TPSA) is 29.5 Å². The normalized spacial score (nSPS) is 10.6. The molecule has 0 aromatic heterocycles. The van der Waals surface area contributed by atoms with Crippen molar-refractivity contribution < 1.29 is 9.53 Å². The molecule has 0 N–H and O–H groups in total. The van der Waals surface area contributed by atoms with E-state index in [2.05, 4.69) is 0 Å². The van der Waals surface area contributed by atoms with Gasteiger partial charge in [-0.3, -0.25) is 4.79 Å². The Morgan fingerprint density at radius 3 is 2.42 bits per heavy atom. The van der Waals surface area contributed by atoms with E-state index in [-0.39, 0.29) is 5.91 Å². The van der Waals surface area contributed by atoms with Gasteiger partial charge in [-0.15, -0.1) is 0 Å². The fourth-order valence-electron chi connectivity index (χ4n) is 2.82. The van der Waals surface area contributed by atoms with Crippen LogP contribution in [0, 0.1) is 0 Å². The van der Waals surface area contributed by atoms with Gasteiger partial charge in [0.25, 0.3) is 5.91 Å². The monoisotopic (exact) mass is 319 g/mol. The van der Waals surface area contributed by atoms with E-state index in [1.165, 1.54) is 0 Å². The lowest BCUT2D eigenvalue weighted by atomic mass is 10.0. The molecule has 3 nitrogen and oxygen atoms in total. The highest BCUT2D eigenvalue weighted by atomic mass is 16.5. The Morgan fingerprint density at radius 2 is 1.67 bits per heavy atom. The lowest BCUT2D eigenvalue weighted by Gasteiger charge is -2.18. The van der Waals surface area contributed by atoms with Crippen LogP contribution in [-0.4, -0.2) is 24.5 Å². The van der Waals surface area contributed by atoms with Crippen LogP contribution in [0.3, 0.4) is 0 Å². The Morgan fingerprint density at radius 1 is 0.958 bits per heavy atom. The van der Waals surface area contributed by atoms with E-state index in [0.717, 1.165) is 27.6 Å². The molecule has 0 aliphatic heterocycles. The second-order valence-electron chi connectivity index (χ2n) is 5.76. The summed E-state index contributed by atoms with van der Waals surface area (Å²) in [7, 11) is 1.83. The summed E-state index contributed by atoms with van der Waals surface area (Å²) in [6.45, 7) is 3.18. The predicted molar refractivity (Wildman–Crippen MR) is 97.4 cm³/mol. The van der Waals surface area contributed by atoms with Crippen molar-refractivity contribution in [3.8, 4) is 5.75 Å². The number of nitrogens with zero attached hydrogens (tertiary/aromatic N) is 1. The molecule has 0 saturated heterocycles. The number of ether oxygens (including phenoxy) is 1. The number of fused-ring (bicyclic) bond motifs is 1. The quantitative estimate of drug-likeness (QED) is 0.692. The average molecular weight is 319 g/mol. The van der Waals surface area contributed by atoms with Gasteiger partial charge in [0.05, 0.1) is 6.61 Å². The standard InChI is InChI=1S/C21H21NO2/c1-3-24-18-13-11-16(12-14-18)15-22(2)21(23)20-10-6-8-17-7-4-5-9-19(17)20/h4-14H,3,15H2,1-2H3. The van der Waals surface area contributed by atoms with Crippen molar-refractivity contribution in [1.29, 1.82) is 0 Å². The van der Waals surface area contributed by atoms with Gasteiger partial charge >= 0.3 is 0 Å². The second kappa shape index (κ2) is 7.18. The number of carbonyl (C=O) groups excluding carboxylic acids is 1. The summed E-state index contributed by atoms with van der Waals surface area (Å²) in [6, 6.07) is 21.7. The van der Waals surface area contributed by atoms with E-state index < -0.39 is 0 Å². The fourth-order valence-corrected chi connectivity index (χ4v) is 2.82. The molecule has 0 aliphatic carbocycles. The van der Waals surface area contributed by atoms with E-state index in [1.807, 2.05) is 80.7 Å². The first-order valence-corrected chi connectivity index (χ1v) is 8.14. The number of carbonyl (C=O) groups is 1. The maximum absolute atomic E-state index is 12.8. The molecule has 3 aromatic carbocycles. The van der Waals surface area contributed by atoms with Crippen LogP contribution in [0.5, 0.6) is 5.75 Å². The minimum absolute atomic E-state index is 0.0284. The molecule has 3 rings (SSSR count). The number of benzene rings is 3. The van der Waals surface area contributed by atoms with Crippen LogP contribution >= 0.6 is 0 Å². The van der Waals surface area contributed by atoms with Gasteiger partial charge in [-0.05, 0) is 41.5 Å². The predicted octanol–water partition coefficient (Wildman–Crippen LogP) is 4.51. The first-order chi connectivity index (χ1) is 11.7. The summed E-state index contributed by atoms with van der Waals surface area (Å²) in [6.07, 6.45) is 0. The van der Waals surface area contributed by atoms with Crippen molar-refractivity contribution in [2.45, 2.75) is 13.5 Å². The minimum atomic E-state index is 0.0284. The van der Waals surface area contributed by atoms with Crippen LogP contribution in [0.4, 0.5) is 0 Å². The van der Waals surface area contributed by atoms with Crippen molar-refractivity contribution in [2.75, 3.05) is 13.7 Å². The molecule has 0 fully saturated rings. The van der Waals surface area contributed by atoms with Crippen molar-refractivity contribution in [2.24, 2.45) is 0 Å². The van der Waals surface area contributed by atoms with Crippen molar-refractivity contribution in [3.05, 3.63) is 77.9 Å². The smallest absolute Gasteiger partial charge is 0.254 e. The molecule has 0 heterocycles. The SMILES string of the molecule is CCOc1ccc(CN(C)C(=O)c2cccc3ccccc23)cc1. The number of rotatable bonds is 5. The summed E-state index contributed by atoms with van der Waals surface area (Å²) < 4.78 is 5.45. The average Bonchev–Trinajstić information content (AvgIpc) is 2.62. The Kier molecular flexibility index (Phi) is 4.80. The maximum atomic E-state index is 12.8. The first-order valence-electron chi connectivity index (χ1n) is 8.14. The fraction of sp³-hybridized carbons (Fsp3) is 0.190. The summed E-state index contributed by atoms with van der Waals surface area (Å²) in [5, 5.41) is 2.07. The zero-order valence-electron chi connectivity index (χ0n) is 14.0. The van der Waals surface area contributed by atoms with Gasteiger partial charge in [-0.25, -0.2) is 0 Å². The van der Waals surface area contributed by atoms with Crippen LogP contribution in [-0.2, 0) is 6.54 Å². The molecule has 0 atom stereocenters. The van der Waals surface area contributed by atoms with Crippen molar-refractivity contribution >= 4 is 16.7 Å². The van der Waals surface area contributed by atoms with E-state index in [9.17, 15) is 4.79 Å². The molecule has 0 unspecified atom stereocenters. The highest BCUT2D eigenvalue weighted by molar-refractivity contribution is 6.06. The molecule has 0 aliphatic rings. The van der Waals surface area contributed by atoms with Gasteiger partial charge in [0.1, 0.15) is 5.75 Å². The molecule has 0 spiro atoms. The van der Waals surface area contributed by atoms with Crippen molar-refractivity contribution in [3.63, 3.8) is 0 Å². The number of hydrogen-bond acceptors (Lipinski definition) is 2. The third-order valence-corrected chi connectivity index (χ3v) is 4.02. The zero-order valence-corrected chi connectivity index (χ0v) is 14.0. The van der Waals surface area contributed by atoms with Gasteiger partial charge in [-0.1, -0.05) is 48.5 Å². The van der Waals surface area contributed by atoms with Crippen LogP contribution in [0.1, 0.15) is 22.8 Å². The van der Waals surface area contributed by atoms with Gasteiger partial charge < -0.3 is 9.64 Å². The van der Waals surface area contributed by atoms with Gasteiger partial charge in [0, 0.05) is 19.2 Å². The molecular weight excluding hydrogens is 298 g/mol. The molecule has 0 bridgehead atoms. The Bertz CT molecular complexity index is 835. The van der Waals surface area contributed by atoms with E-state index in [1.54, 1.807) is 4.90 Å². The highest BCUT2D eigenvalue weighted by Gasteiger charge is 2.14. The number of hydrogen-bond donors (Lipinski definition) is 0. The molecule has 3 heteroatoms. The van der Waals surface area contributed by atoms with Crippen LogP contribution in [0.2, 0.25) is 0 Å². The highest BCUT2D eigenvalue weighted by Crippen LogP contribution is 2.21. The first kappa shape index (κ1) is 16.1. The van der Waals surface area contributed by atoms with Gasteiger partial charge in [0.15, 0.2) is 0 Å². The third-order valence-electron chi connectivity index (χ3n) is 4.02. The van der Waals surface area contributed by atoms with Crippen LogP contribution in [0.25, 0.3) is 10.8 Å². The van der Waals surface area contributed by atoms with Crippen LogP contribution in [0.15, 0.2) is 66.7 Å². The van der Waals surface area contributed by atoms with Crippen molar-refractivity contribution in [1.82, 2.24) is 4.90 Å². The van der Waals surface area contributed by atoms with Gasteiger partial charge in [0.2, 0.25) is 0 Å². The summed E-state index contributed by atoms with van der Waals surface area (Å²) in [4.78, 5) is 14.6. The summed E-state index contributed by atoms with van der Waals surface area (Å²) >= 11 is 0. The van der Waals surface area contributed by atoms with E-state index in [4.69, 9.17) is 4.74 Å².